The van der Waals surface area contributed by atoms with Crippen LogP contribution in [0.3, 0.4) is 0 Å². The highest BCUT2D eigenvalue weighted by atomic mass is 19.1. The zero-order chi connectivity index (χ0) is 11.0. The Balaban J connectivity index is 2.37. The van der Waals surface area contributed by atoms with E-state index < -0.39 is 0 Å². The Kier molecular flexibility index (Phi) is 2.76. The number of hydrogen-bond donors (Lipinski definition) is 0. The Morgan fingerprint density at radius 3 is 2.60 bits per heavy atom. The first-order valence-corrected chi connectivity index (χ1v) is 5.56. The van der Waals surface area contributed by atoms with Crippen molar-refractivity contribution >= 4 is 0 Å². The predicted octanol–water partition coefficient (Wildman–Crippen LogP) is 4.04. The third-order valence-corrected chi connectivity index (χ3v) is 3.15. The number of rotatable bonds is 2. The molecule has 0 saturated carbocycles. The van der Waals surface area contributed by atoms with Gasteiger partial charge in [0.25, 0.3) is 0 Å². The molecule has 0 fully saturated rings. The van der Waals surface area contributed by atoms with Gasteiger partial charge in [-0.25, -0.2) is 8.78 Å². The summed E-state index contributed by atoms with van der Waals surface area (Å²) in [5, 5.41) is 0. The summed E-state index contributed by atoms with van der Waals surface area (Å²) in [6.45, 7) is 4.24. The van der Waals surface area contributed by atoms with Crippen LogP contribution < -0.4 is 0 Å². The van der Waals surface area contributed by atoms with Crippen molar-refractivity contribution in [2.75, 3.05) is 0 Å². The molecule has 82 valence electrons. The first-order chi connectivity index (χ1) is 7.09. The summed E-state index contributed by atoms with van der Waals surface area (Å²) in [5.74, 6) is 0.284. The van der Waals surface area contributed by atoms with Crippen LogP contribution in [0.1, 0.15) is 43.7 Å². The zero-order valence-electron chi connectivity index (χ0n) is 9.19. The number of hydrogen-bond acceptors (Lipinski definition) is 0. The normalized spacial score (nSPS) is 19.7. The van der Waals surface area contributed by atoms with Gasteiger partial charge in [0.15, 0.2) is 0 Å². The molecule has 1 aromatic carbocycles. The van der Waals surface area contributed by atoms with Gasteiger partial charge >= 0.3 is 0 Å². The van der Waals surface area contributed by atoms with E-state index in [4.69, 9.17) is 0 Å². The molecule has 0 amide bonds. The van der Waals surface area contributed by atoms with E-state index in [1.807, 2.05) is 0 Å². The lowest BCUT2D eigenvalue weighted by Gasteiger charge is -2.14. The second kappa shape index (κ2) is 3.92. The van der Waals surface area contributed by atoms with Crippen LogP contribution in [0, 0.1) is 17.6 Å². The van der Waals surface area contributed by atoms with Crippen molar-refractivity contribution < 1.29 is 8.78 Å². The van der Waals surface area contributed by atoms with Crippen LogP contribution in [0.4, 0.5) is 8.78 Å². The van der Waals surface area contributed by atoms with Crippen molar-refractivity contribution in [2.45, 2.75) is 39.0 Å². The van der Waals surface area contributed by atoms with E-state index in [9.17, 15) is 8.78 Å². The van der Waals surface area contributed by atoms with E-state index in [-0.39, 0.29) is 17.6 Å². The Morgan fingerprint density at radius 1 is 1.27 bits per heavy atom. The molecule has 2 heteroatoms. The minimum absolute atomic E-state index is 0.218. The van der Waals surface area contributed by atoms with Crippen molar-refractivity contribution in [2.24, 2.45) is 5.92 Å². The summed E-state index contributed by atoms with van der Waals surface area (Å²) < 4.78 is 27.0. The molecular formula is C13H16F2. The van der Waals surface area contributed by atoms with E-state index in [1.165, 1.54) is 12.1 Å². The first kappa shape index (κ1) is 10.6. The maximum absolute atomic E-state index is 13.6. The molecule has 0 saturated heterocycles. The Hall–Kier alpha value is -0.920. The van der Waals surface area contributed by atoms with Gasteiger partial charge in [-0.15, -0.1) is 0 Å². The molecule has 0 nitrogen and oxygen atoms in total. The smallest absolute Gasteiger partial charge is 0.127 e. The Bertz CT molecular complexity index is 369. The molecule has 1 aromatic rings. The molecule has 2 rings (SSSR count). The van der Waals surface area contributed by atoms with Crippen LogP contribution in [-0.2, 0) is 6.42 Å². The van der Waals surface area contributed by atoms with Crippen molar-refractivity contribution in [3.05, 3.63) is 34.9 Å². The van der Waals surface area contributed by atoms with Crippen LogP contribution in [0.25, 0.3) is 0 Å². The molecule has 0 N–H and O–H groups in total. The van der Waals surface area contributed by atoms with Gasteiger partial charge in [0.2, 0.25) is 0 Å². The molecule has 1 atom stereocenters. The molecule has 0 bridgehead atoms. The summed E-state index contributed by atoms with van der Waals surface area (Å²) in [6.07, 6.45) is 2.54. The molecule has 1 aliphatic rings. The first-order valence-electron chi connectivity index (χ1n) is 5.56. The topological polar surface area (TPSA) is 0 Å². The van der Waals surface area contributed by atoms with E-state index in [0.717, 1.165) is 12.8 Å². The third-order valence-electron chi connectivity index (χ3n) is 3.15. The van der Waals surface area contributed by atoms with Crippen molar-refractivity contribution in [3.63, 3.8) is 0 Å². The summed E-state index contributed by atoms with van der Waals surface area (Å²) in [4.78, 5) is 0. The molecule has 1 aliphatic carbocycles. The molecule has 15 heavy (non-hydrogen) atoms. The summed E-state index contributed by atoms with van der Waals surface area (Å²) in [7, 11) is 0. The van der Waals surface area contributed by atoms with Crippen molar-refractivity contribution in [3.8, 4) is 0 Å². The summed E-state index contributed by atoms with van der Waals surface area (Å²) >= 11 is 0. The van der Waals surface area contributed by atoms with E-state index in [0.29, 0.717) is 23.5 Å². The van der Waals surface area contributed by atoms with Gasteiger partial charge in [-0.1, -0.05) is 13.8 Å². The van der Waals surface area contributed by atoms with Gasteiger partial charge in [0.05, 0.1) is 0 Å². The molecule has 0 spiro atoms. The minimum atomic E-state index is -0.238. The molecule has 0 radical (unpaired) electrons. The second-order valence-corrected chi connectivity index (χ2v) is 4.79. The van der Waals surface area contributed by atoms with Gasteiger partial charge < -0.3 is 0 Å². The van der Waals surface area contributed by atoms with Crippen LogP contribution >= 0.6 is 0 Å². The fourth-order valence-electron chi connectivity index (χ4n) is 2.57. The van der Waals surface area contributed by atoms with Crippen LogP contribution in [0.5, 0.6) is 0 Å². The quantitative estimate of drug-likeness (QED) is 0.691. The highest BCUT2D eigenvalue weighted by Crippen LogP contribution is 2.39. The van der Waals surface area contributed by atoms with E-state index in [2.05, 4.69) is 13.8 Å². The van der Waals surface area contributed by atoms with Crippen LogP contribution in [0.15, 0.2) is 12.1 Å². The monoisotopic (exact) mass is 210 g/mol. The third kappa shape index (κ3) is 1.90. The number of benzene rings is 1. The van der Waals surface area contributed by atoms with Gasteiger partial charge in [-0.05, 0) is 54.4 Å². The lowest BCUT2D eigenvalue weighted by molar-refractivity contribution is 0.481. The van der Waals surface area contributed by atoms with Crippen molar-refractivity contribution in [1.82, 2.24) is 0 Å². The van der Waals surface area contributed by atoms with Gasteiger partial charge in [0.1, 0.15) is 11.6 Å². The zero-order valence-corrected chi connectivity index (χ0v) is 9.19. The van der Waals surface area contributed by atoms with Crippen LogP contribution in [-0.4, -0.2) is 0 Å². The summed E-state index contributed by atoms with van der Waals surface area (Å²) in [6, 6.07) is 2.50. The maximum atomic E-state index is 13.6. The lowest BCUT2D eigenvalue weighted by atomic mass is 9.91. The SMILES string of the molecule is CC(C)C[C@H]1CCc2c(F)ccc(F)c21. The van der Waals surface area contributed by atoms with Gasteiger partial charge in [-0.3, -0.25) is 0 Å². The van der Waals surface area contributed by atoms with E-state index >= 15 is 0 Å². The lowest BCUT2D eigenvalue weighted by Crippen LogP contribution is -2.02. The largest absolute Gasteiger partial charge is 0.207 e. The number of fused-ring (bicyclic) bond motifs is 1. The Morgan fingerprint density at radius 2 is 1.93 bits per heavy atom. The van der Waals surface area contributed by atoms with Crippen molar-refractivity contribution in [1.29, 1.82) is 0 Å². The molecular weight excluding hydrogens is 194 g/mol. The fraction of sp³-hybridized carbons (Fsp3) is 0.538. The molecule has 0 aliphatic heterocycles. The van der Waals surface area contributed by atoms with Crippen LogP contribution in [0.2, 0.25) is 0 Å². The minimum Gasteiger partial charge on any atom is -0.207 e. The Labute approximate surface area is 89.3 Å². The molecule has 0 heterocycles. The van der Waals surface area contributed by atoms with E-state index in [1.54, 1.807) is 0 Å². The summed E-state index contributed by atoms with van der Waals surface area (Å²) in [5.41, 5.74) is 1.25. The molecule has 0 aromatic heterocycles. The average Bonchev–Trinajstić information content (AvgIpc) is 2.56. The molecule has 0 unspecified atom stereocenters. The standard InChI is InChI=1S/C13H16F2/c1-8(2)7-9-3-4-10-11(14)5-6-12(15)13(9)10/h5-6,8-9H,3-4,7H2,1-2H3/t9-/m1/s1. The average molecular weight is 210 g/mol. The second-order valence-electron chi connectivity index (χ2n) is 4.79. The maximum Gasteiger partial charge on any atom is 0.127 e. The van der Waals surface area contributed by atoms with Gasteiger partial charge in [-0.2, -0.15) is 0 Å². The highest BCUT2D eigenvalue weighted by molar-refractivity contribution is 5.37. The predicted molar refractivity (Wildman–Crippen MR) is 56.9 cm³/mol. The fourth-order valence-corrected chi connectivity index (χ4v) is 2.57. The van der Waals surface area contributed by atoms with Gasteiger partial charge in [0, 0.05) is 0 Å². The highest BCUT2D eigenvalue weighted by Gasteiger charge is 2.28. The number of halogens is 2.